The molecule has 4 nitrogen and oxygen atoms in total. The van der Waals surface area contributed by atoms with Gasteiger partial charge in [-0.05, 0) is 31.1 Å². The summed E-state index contributed by atoms with van der Waals surface area (Å²) in [5.41, 5.74) is 0.830. The summed E-state index contributed by atoms with van der Waals surface area (Å²) in [4.78, 5) is 14.3. The van der Waals surface area contributed by atoms with Gasteiger partial charge in [0.2, 0.25) is 0 Å². The number of H-pyrrole nitrogens is 1. The molecule has 1 aliphatic rings. The number of aromatic nitrogens is 1. The van der Waals surface area contributed by atoms with Gasteiger partial charge in [0.15, 0.2) is 6.10 Å². The van der Waals surface area contributed by atoms with E-state index in [1.165, 1.54) is 6.08 Å². The molecule has 1 saturated carbocycles. The van der Waals surface area contributed by atoms with Gasteiger partial charge in [0.25, 0.3) is 0 Å². The summed E-state index contributed by atoms with van der Waals surface area (Å²) in [6, 6.07) is 5.68. The van der Waals surface area contributed by atoms with Crippen LogP contribution in [-0.4, -0.2) is 17.1 Å². The molecule has 0 saturated heterocycles. The summed E-state index contributed by atoms with van der Waals surface area (Å²) in [5.74, 6) is -0.221. The Morgan fingerprint density at radius 3 is 3.06 bits per heavy atom. The van der Waals surface area contributed by atoms with Crippen molar-refractivity contribution in [2.24, 2.45) is 5.92 Å². The predicted molar refractivity (Wildman–Crippen MR) is 58.0 cm³/mol. The van der Waals surface area contributed by atoms with Crippen LogP contribution in [0.15, 0.2) is 24.4 Å². The van der Waals surface area contributed by atoms with Gasteiger partial charge in [-0.2, -0.15) is 5.26 Å². The molecule has 16 heavy (non-hydrogen) atoms. The van der Waals surface area contributed by atoms with Crippen LogP contribution < -0.4 is 0 Å². The molecular weight excluding hydrogens is 204 g/mol. The van der Waals surface area contributed by atoms with Crippen LogP contribution in [0.5, 0.6) is 0 Å². The number of hydrogen-bond acceptors (Lipinski definition) is 3. The van der Waals surface area contributed by atoms with Crippen molar-refractivity contribution in [3.8, 4) is 6.07 Å². The number of nitrogens with zero attached hydrogens (tertiary/aromatic N) is 1. The first kappa shape index (κ1) is 10.5. The van der Waals surface area contributed by atoms with Gasteiger partial charge < -0.3 is 9.72 Å². The van der Waals surface area contributed by atoms with E-state index in [4.69, 9.17) is 10.00 Å². The Balaban J connectivity index is 1.86. The minimum absolute atomic E-state index is 0.243. The fourth-order valence-electron chi connectivity index (χ4n) is 1.40. The van der Waals surface area contributed by atoms with Gasteiger partial charge in [-0.3, -0.25) is 0 Å². The molecule has 82 valence electrons. The largest absolute Gasteiger partial charge is 0.443 e. The first-order valence-electron chi connectivity index (χ1n) is 5.21. The first-order valence-corrected chi connectivity index (χ1v) is 5.21. The molecule has 1 aromatic heterocycles. The van der Waals surface area contributed by atoms with E-state index in [1.54, 1.807) is 12.3 Å². The molecule has 0 aromatic carbocycles. The summed E-state index contributed by atoms with van der Waals surface area (Å²) in [6.45, 7) is 0. The monoisotopic (exact) mass is 216 g/mol. The average Bonchev–Trinajstić information content (AvgIpc) is 3.00. The first-order chi connectivity index (χ1) is 7.79. The maximum Gasteiger partial charge on any atom is 0.332 e. The number of rotatable bonds is 4. The maximum absolute atomic E-state index is 11.4. The maximum atomic E-state index is 11.4. The van der Waals surface area contributed by atoms with Crippen LogP contribution in [0.1, 0.15) is 18.5 Å². The van der Waals surface area contributed by atoms with Gasteiger partial charge in [-0.1, -0.05) is 0 Å². The van der Waals surface area contributed by atoms with E-state index in [9.17, 15) is 4.79 Å². The third-order valence-electron chi connectivity index (χ3n) is 2.44. The van der Waals surface area contributed by atoms with Crippen LogP contribution >= 0.6 is 0 Å². The summed E-state index contributed by atoms with van der Waals surface area (Å²) in [7, 11) is 0. The van der Waals surface area contributed by atoms with Crippen LogP contribution in [0.3, 0.4) is 0 Å². The van der Waals surface area contributed by atoms with Crippen molar-refractivity contribution in [2.75, 3.05) is 0 Å². The van der Waals surface area contributed by atoms with Crippen LogP contribution in [0.4, 0.5) is 0 Å². The van der Waals surface area contributed by atoms with E-state index in [1.807, 2.05) is 18.2 Å². The number of nitriles is 1. The fourth-order valence-corrected chi connectivity index (χ4v) is 1.40. The van der Waals surface area contributed by atoms with Crippen molar-refractivity contribution >= 4 is 12.0 Å². The van der Waals surface area contributed by atoms with Gasteiger partial charge in [-0.25, -0.2) is 4.79 Å². The molecule has 1 N–H and O–H groups in total. The van der Waals surface area contributed by atoms with E-state index in [0.29, 0.717) is 0 Å². The van der Waals surface area contributed by atoms with Gasteiger partial charge >= 0.3 is 5.97 Å². The van der Waals surface area contributed by atoms with E-state index < -0.39 is 12.1 Å². The Bertz CT molecular complexity index is 424. The molecule has 0 radical (unpaired) electrons. The van der Waals surface area contributed by atoms with Gasteiger partial charge in [-0.15, -0.1) is 0 Å². The number of aromatic amines is 1. The Kier molecular flexibility index (Phi) is 3.06. The molecular formula is C12H12N2O2. The fraction of sp³-hybridized carbons (Fsp3) is 0.333. The number of carbonyl (C=O) groups is 1. The van der Waals surface area contributed by atoms with E-state index >= 15 is 0 Å². The second kappa shape index (κ2) is 4.67. The molecule has 1 heterocycles. The van der Waals surface area contributed by atoms with Gasteiger partial charge in [0.1, 0.15) is 6.07 Å². The lowest BCUT2D eigenvalue weighted by molar-refractivity contribution is -0.141. The molecule has 1 aromatic rings. The lowest BCUT2D eigenvalue weighted by Crippen LogP contribution is -2.16. The molecule has 4 heteroatoms. The third kappa shape index (κ3) is 2.74. The number of nitrogens with one attached hydrogen (secondary N) is 1. The predicted octanol–water partition coefficient (Wildman–Crippen LogP) is 1.87. The van der Waals surface area contributed by atoms with E-state index in [2.05, 4.69) is 4.98 Å². The zero-order valence-electron chi connectivity index (χ0n) is 8.72. The number of ether oxygens (including phenoxy) is 1. The summed E-state index contributed by atoms with van der Waals surface area (Å²) in [5, 5.41) is 8.78. The molecule has 1 aliphatic carbocycles. The van der Waals surface area contributed by atoms with Crippen molar-refractivity contribution in [1.82, 2.24) is 4.98 Å². The molecule has 0 amide bonds. The SMILES string of the molecule is N#CC(OC(=O)/C=C/c1ccc[nH]1)C1CC1. The second-order valence-electron chi connectivity index (χ2n) is 3.78. The summed E-state index contributed by atoms with van der Waals surface area (Å²) in [6.07, 6.45) is 6.11. The van der Waals surface area contributed by atoms with Gasteiger partial charge in [0, 0.05) is 23.9 Å². The minimum Gasteiger partial charge on any atom is -0.443 e. The third-order valence-corrected chi connectivity index (χ3v) is 2.44. The summed E-state index contributed by atoms with van der Waals surface area (Å²) < 4.78 is 5.02. The Morgan fingerprint density at radius 1 is 1.69 bits per heavy atom. The Hall–Kier alpha value is -2.02. The number of esters is 1. The van der Waals surface area contributed by atoms with E-state index in [-0.39, 0.29) is 5.92 Å². The average molecular weight is 216 g/mol. The van der Waals surface area contributed by atoms with Crippen LogP contribution in [0, 0.1) is 17.2 Å². The highest BCUT2D eigenvalue weighted by Crippen LogP contribution is 2.34. The molecule has 0 spiro atoms. The quantitative estimate of drug-likeness (QED) is 0.617. The molecule has 1 unspecified atom stereocenters. The molecule has 1 atom stereocenters. The summed E-state index contributed by atoms with van der Waals surface area (Å²) >= 11 is 0. The van der Waals surface area contributed by atoms with Crippen LogP contribution in [0.2, 0.25) is 0 Å². The van der Waals surface area contributed by atoms with Crippen LogP contribution in [-0.2, 0) is 9.53 Å². The minimum atomic E-state index is -0.583. The second-order valence-corrected chi connectivity index (χ2v) is 3.78. The van der Waals surface area contributed by atoms with Crippen molar-refractivity contribution in [2.45, 2.75) is 18.9 Å². The zero-order valence-corrected chi connectivity index (χ0v) is 8.72. The lowest BCUT2D eigenvalue weighted by Gasteiger charge is -2.06. The van der Waals surface area contributed by atoms with Gasteiger partial charge in [0.05, 0.1) is 0 Å². The molecule has 0 bridgehead atoms. The lowest BCUT2D eigenvalue weighted by atomic mass is 10.2. The molecule has 0 aliphatic heterocycles. The highest BCUT2D eigenvalue weighted by atomic mass is 16.5. The van der Waals surface area contributed by atoms with Crippen LogP contribution in [0.25, 0.3) is 6.08 Å². The highest BCUT2D eigenvalue weighted by Gasteiger charge is 2.33. The number of hydrogen-bond donors (Lipinski definition) is 1. The number of carbonyl (C=O) groups excluding carboxylic acids is 1. The van der Waals surface area contributed by atoms with E-state index in [0.717, 1.165) is 18.5 Å². The van der Waals surface area contributed by atoms with Crippen molar-refractivity contribution in [1.29, 1.82) is 5.26 Å². The Labute approximate surface area is 93.5 Å². The Morgan fingerprint density at radius 2 is 2.50 bits per heavy atom. The smallest absolute Gasteiger partial charge is 0.332 e. The van der Waals surface area contributed by atoms with Crippen molar-refractivity contribution in [3.05, 3.63) is 30.1 Å². The zero-order chi connectivity index (χ0) is 11.4. The highest BCUT2D eigenvalue weighted by molar-refractivity contribution is 5.87. The standard InChI is InChI=1S/C12H12N2O2/c13-8-11(9-3-4-9)16-12(15)6-5-10-2-1-7-14-10/h1-2,5-7,9,11,14H,3-4H2/b6-5+. The van der Waals surface area contributed by atoms with Crippen molar-refractivity contribution < 1.29 is 9.53 Å². The normalized spacial score (nSPS) is 16.9. The molecule has 2 rings (SSSR count). The topological polar surface area (TPSA) is 65.9 Å². The molecule has 1 fully saturated rings. The van der Waals surface area contributed by atoms with Crippen molar-refractivity contribution in [3.63, 3.8) is 0 Å².